The van der Waals surface area contributed by atoms with Gasteiger partial charge in [-0.25, -0.2) is 9.36 Å². The Balaban J connectivity index is 2.22. The molecule has 0 saturated carbocycles. The predicted molar refractivity (Wildman–Crippen MR) is 118 cm³/mol. The van der Waals surface area contributed by atoms with Crippen LogP contribution in [-0.4, -0.2) is 36.0 Å². The Morgan fingerprint density at radius 2 is 1.81 bits per heavy atom. The van der Waals surface area contributed by atoms with E-state index in [1.165, 1.54) is 11.5 Å². The zero-order chi connectivity index (χ0) is 22.8. The number of Topliss-reactive ketones (excluding diaryl/α,β-unsaturated/α-hetero) is 1. The highest BCUT2D eigenvalue weighted by atomic mass is 16.5. The molecule has 0 fully saturated rings. The van der Waals surface area contributed by atoms with E-state index in [9.17, 15) is 14.4 Å². The molecule has 4 rings (SSSR count). The van der Waals surface area contributed by atoms with Crippen LogP contribution in [0.15, 0.2) is 27.8 Å². The van der Waals surface area contributed by atoms with E-state index in [1.807, 2.05) is 43.5 Å². The minimum Gasteiger partial charge on any atom is -0.495 e. The summed E-state index contributed by atoms with van der Waals surface area (Å²) >= 11 is 0. The molecule has 1 atom stereocenters. The van der Waals surface area contributed by atoms with Crippen LogP contribution < -0.4 is 16.0 Å². The average molecular weight is 423 g/mol. The van der Waals surface area contributed by atoms with Crippen LogP contribution in [0.3, 0.4) is 0 Å². The number of carbonyl (C=O) groups is 1. The Hall–Kier alpha value is -3.62. The highest BCUT2D eigenvalue weighted by Gasteiger charge is 2.26. The van der Waals surface area contributed by atoms with Gasteiger partial charge in [-0.15, -0.1) is 0 Å². The van der Waals surface area contributed by atoms with Gasteiger partial charge in [0, 0.05) is 18.4 Å². The third kappa shape index (κ3) is 2.76. The molecule has 3 heterocycles. The van der Waals surface area contributed by atoms with Crippen LogP contribution in [0.25, 0.3) is 22.6 Å². The van der Waals surface area contributed by atoms with Crippen molar-refractivity contribution >= 4 is 22.7 Å². The van der Waals surface area contributed by atoms with E-state index in [0.29, 0.717) is 11.5 Å². The van der Waals surface area contributed by atoms with E-state index < -0.39 is 17.3 Å². The normalized spacial score (nSPS) is 12.6. The molecule has 9 nitrogen and oxygen atoms in total. The molecule has 9 heteroatoms. The number of aryl methyl sites for hydroxylation is 3. The van der Waals surface area contributed by atoms with Gasteiger partial charge in [0.25, 0.3) is 5.56 Å². The van der Waals surface area contributed by atoms with Crippen LogP contribution >= 0.6 is 0 Å². The van der Waals surface area contributed by atoms with E-state index >= 15 is 0 Å². The average Bonchev–Trinajstić information content (AvgIpc) is 3.22. The zero-order valence-corrected chi connectivity index (χ0v) is 18.7. The van der Waals surface area contributed by atoms with Crippen LogP contribution in [0.2, 0.25) is 0 Å². The van der Waals surface area contributed by atoms with Crippen LogP contribution in [0.4, 0.5) is 0 Å². The van der Waals surface area contributed by atoms with E-state index in [-0.39, 0.29) is 16.9 Å². The number of rotatable bonds is 4. The molecule has 0 unspecified atom stereocenters. The molecule has 0 aliphatic carbocycles. The van der Waals surface area contributed by atoms with Gasteiger partial charge in [0.1, 0.15) is 5.75 Å². The number of ketones is 1. The lowest BCUT2D eigenvalue weighted by atomic mass is 10.2. The summed E-state index contributed by atoms with van der Waals surface area (Å²) in [5.74, 6) is 0.887. The summed E-state index contributed by atoms with van der Waals surface area (Å²) in [7, 11) is 3.16. The topological polar surface area (TPSA) is 92.5 Å². The lowest BCUT2D eigenvalue weighted by Gasteiger charge is -2.13. The van der Waals surface area contributed by atoms with Gasteiger partial charge in [-0.2, -0.15) is 4.98 Å². The summed E-state index contributed by atoms with van der Waals surface area (Å²) in [6.07, 6.45) is 0. The highest BCUT2D eigenvalue weighted by Crippen LogP contribution is 2.30. The van der Waals surface area contributed by atoms with Crippen molar-refractivity contribution in [2.24, 2.45) is 7.05 Å². The standard InChI is InChI=1S/C22H25N5O4/c1-11-8-9-17(31-7)16(10-11)25-12(2)13(3)26-18-19(23-21(25)26)24(6)22(30)27(20(18)29)14(4)15(5)28/h8-10,14H,1-7H3/t14-/m0/s1. The van der Waals surface area contributed by atoms with Crippen molar-refractivity contribution in [3.05, 3.63) is 56.0 Å². The monoisotopic (exact) mass is 423 g/mol. The summed E-state index contributed by atoms with van der Waals surface area (Å²) in [5, 5.41) is 0. The Kier molecular flexibility index (Phi) is 4.64. The number of fused-ring (bicyclic) bond motifs is 3. The minimum atomic E-state index is -0.874. The van der Waals surface area contributed by atoms with Gasteiger partial charge in [-0.3, -0.25) is 23.1 Å². The summed E-state index contributed by atoms with van der Waals surface area (Å²) in [4.78, 5) is 43.0. The fraction of sp³-hybridized carbons (Fsp3) is 0.364. The SMILES string of the molecule is COc1ccc(C)cc1-n1c(C)c(C)n2c3c(=O)n([C@@H](C)C(C)=O)c(=O)n(C)c3nc12. The van der Waals surface area contributed by atoms with Crippen LogP contribution in [0.1, 0.15) is 36.8 Å². The Morgan fingerprint density at radius 1 is 1.13 bits per heavy atom. The van der Waals surface area contributed by atoms with Gasteiger partial charge < -0.3 is 4.74 Å². The molecule has 0 amide bonds. The molecule has 0 radical (unpaired) electrons. The number of aromatic nitrogens is 5. The second kappa shape index (κ2) is 6.97. The zero-order valence-electron chi connectivity index (χ0n) is 18.7. The fourth-order valence-corrected chi connectivity index (χ4v) is 4.00. The first-order valence-corrected chi connectivity index (χ1v) is 9.97. The van der Waals surface area contributed by atoms with Crippen molar-refractivity contribution < 1.29 is 9.53 Å². The lowest BCUT2D eigenvalue weighted by Crippen LogP contribution is -2.42. The first kappa shape index (κ1) is 20.6. The van der Waals surface area contributed by atoms with Crippen molar-refractivity contribution in [2.45, 2.75) is 40.7 Å². The first-order chi connectivity index (χ1) is 14.6. The highest BCUT2D eigenvalue weighted by molar-refractivity contribution is 5.81. The quantitative estimate of drug-likeness (QED) is 0.502. The molecule has 0 aliphatic heterocycles. The maximum Gasteiger partial charge on any atom is 0.333 e. The molecule has 0 bridgehead atoms. The Labute approximate surface area is 178 Å². The van der Waals surface area contributed by atoms with Gasteiger partial charge in [0.15, 0.2) is 16.9 Å². The van der Waals surface area contributed by atoms with Gasteiger partial charge in [0.05, 0.1) is 18.8 Å². The van der Waals surface area contributed by atoms with Crippen molar-refractivity contribution in [1.29, 1.82) is 0 Å². The van der Waals surface area contributed by atoms with Crippen LogP contribution in [-0.2, 0) is 11.8 Å². The summed E-state index contributed by atoms with van der Waals surface area (Å²) in [5.41, 5.74) is 2.93. The number of hydrogen-bond donors (Lipinski definition) is 0. The third-order valence-electron chi connectivity index (χ3n) is 6.02. The molecular weight excluding hydrogens is 398 g/mol. The number of nitrogens with zero attached hydrogens (tertiary/aromatic N) is 5. The number of benzene rings is 1. The second-order valence-electron chi connectivity index (χ2n) is 7.90. The smallest absolute Gasteiger partial charge is 0.333 e. The Morgan fingerprint density at radius 3 is 2.42 bits per heavy atom. The van der Waals surface area contributed by atoms with E-state index in [0.717, 1.165) is 27.2 Å². The first-order valence-electron chi connectivity index (χ1n) is 9.97. The molecule has 162 valence electrons. The van der Waals surface area contributed by atoms with Gasteiger partial charge in [0.2, 0.25) is 5.78 Å². The van der Waals surface area contributed by atoms with Crippen molar-refractivity contribution in [3.8, 4) is 11.4 Å². The van der Waals surface area contributed by atoms with Crippen LogP contribution in [0, 0.1) is 20.8 Å². The fourth-order valence-electron chi connectivity index (χ4n) is 4.00. The molecule has 1 aromatic carbocycles. The predicted octanol–water partition coefficient (Wildman–Crippen LogP) is 2.22. The number of ether oxygens (including phenoxy) is 1. The minimum absolute atomic E-state index is 0.260. The second-order valence-corrected chi connectivity index (χ2v) is 7.90. The molecule has 0 spiro atoms. The van der Waals surface area contributed by atoms with Crippen molar-refractivity contribution in [1.82, 2.24) is 23.1 Å². The number of methoxy groups -OCH3 is 1. The summed E-state index contributed by atoms with van der Waals surface area (Å²) in [6.45, 7) is 8.74. The summed E-state index contributed by atoms with van der Waals surface area (Å²) in [6, 6.07) is 4.95. The number of imidazole rings is 2. The number of hydrogen-bond acceptors (Lipinski definition) is 5. The van der Waals surface area contributed by atoms with Crippen molar-refractivity contribution in [3.63, 3.8) is 0 Å². The Bertz CT molecular complexity index is 1500. The van der Waals surface area contributed by atoms with E-state index in [1.54, 1.807) is 25.5 Å². The molecule has 0 N–H and O–H groups in total. The van der Waals surface area contributed by atoms with E-state index in [2.05, 4.69) is 4.98 Å². The third-order valence-corrected chi connectivity index (χ3v) is 6.02. The van der Waals surface area contributed by atoms with Gasteiger partial charge in [-0.1, -0.05) is 6.07 Å². The molecule has 0 saturated heterocycles. The maximum atomic E-state index is 13.4. The lowest BCUT2D eigenvalue weighted by molar-refractivity contribution is -0.119. The largest absolute Gasteiger partial charge is 0.495 e. The van der Waals surface area contributed by atoms with Gasteiger partial charge in [-0.05, 0) is 52.3 Å². The number of carbonyl (C=O) groups excluding carboxylic acids is 1. The molecule has 0 aliphatic rings. The molecule has 31 heavy (non-hydrogen) atoms. The van der Waals surface area contributed by atoms with Crippen LogP contribution in [0.5, 0.6) is 5.75 Å². The van der Waals surface area contributed by atoms with E-state index in [4.69, 9.17) is 4.74 Å². The maximum absolute atomic E-state index is 13.4. The van der Waals surface area contributed by atoms with Gasteiger partial charge >= 0.3 is 5.69 Å². The van der Waals surface area contributed by atoms with Crippen molar-refractivity contribution in [2.75, 3.05) is 7.11 Å². The molecule has 3 aromatic heterocycles. The molecular formula is C22H25N5O4. The molecule has 4 aromatic rings. The summed E-state index contributed by atoms with van der Waals surface area (Å²) < 4.78 is 11.6.